The molecule has 1 saturated heterocycles. The van der Waals surface area contributed by atoms with Gasteiger partial charge in [-0.3, -0.25) is 9.48 Å². The number of esters is 3. The van der Waals surface area contributed by atoms with Crippen LogP contribution in [0.3, 0.4) is 0 Å². The first-order valence-corrected chi connectivity index (χ1v) is 13.4. The summed E-state index contributed by atoms with van der Waals surface area (Å²) in [5.41, 5.74) is 0.622. The van der Waals surface area contributed by atoms with E-state index in [2.05, 4.69) is 4.98 Å². The van der Waals surface area contributed by atoms with Gasteiger partial charge in [-0.25, -0.2) is 23.9 Å². The van der Waals surface area contributed by atoms with E-state index in [1.54, 1.807) is 97.2 Å². The molecule has 0 spiro atoms. The minimum atomic E-state index is -1.23. The molecule has 2 aromatic heterocycles. The van der Waals surface area contributed by atoms with Gasteiger partial charge in [-0.1, -0.05) is 54.6 Å². The van der Waals surface area contributed by atoms with Crippen molar-refractivity contribution in [2.75, 3.05) is 6.61 Å². The summed E-state index contributed by atoms with van der Waals surface area (Å²) in [5, 5.41) is 0. The Bertz CT molecular complexity index is 1800. The number of carbonyl (C=O) groups excluding carboxylic acids is 3. The van der Waals surface area contributed by atoms with Crippen LogP contribution in [0.5, 0.6) is 0 Å². The van der Waals surface area contributed by atoms with E-state index in [1.807, 2.05) is 0 Å². The lowest BCUT2D eigenvalue weighted by atomic mass is 10.1. The molecule has 0 radical (unpaired) electrons. The maximum atomic E-state index is 13.3. The zero-order valence-electron chi connectivity index (χ0n) is 22.6. The van der Waals surface area contributed by atoms with Crippen molar-refractivity contribution in [3.05, 3.63) is 143 Å². The third-order valence-electron chi connectivity index (χ3n) is 6.91. The number of hydrogen-bond acceptors (Lipinski definition) is 9. The SMILES string of the molecule is O=C(OC[C@H]1O[C@@H](n2ccc(=O)c3nccn32)[C@H](OC(=O)c2ccccc2)[C@@H]1OC(=O)c1ccccc1)c1ccccc1. The number of benzene rings is 3. The summed E-state index contributed by atoms with van der Waals surface area (Å²) in [6.45, 7) is -0.330. The second kappa shape index (κ2) is 12.1. The first kappa shape index (κ1) is 27.6. The van der Waals surface area contributed by atoms with Gasteiger partial charge in [-0.15, -0.1) is 0 Å². The van der Waals surface area contributed by atoms with E-state index in [0.29, 0.717) is 5.56 Å². The molecule has 0 bridgehead atoms. The fourth-order valence-corrected chi connectivity index (χ4v) is 4.83. The Balaban J connectivity index is 1.38. The van der Waals surface area contributed by atoms with Crippen molar-refractivity contribution in [3.8, 4) is 0 Å². The van der Waals surface area contributed by atoms with Crippen LogP contribution in [0.4, 0.5) is 0 Å². The van der Waals surface area contributed by atoms with Gasteiger partial charge in [-0.2, -0.15) is 0 Å². The van der Waals surface area contributed by atoms with E-state index in [-0.39, 0.29) is 28.8 Å². The smallest absolute Gasteiger partial charge is 0.338 e. The number of nitrogens with zero attached hydrogens (tertiary/aromatic N) is 3. The molecule has 3 aromatic carbocycles. The highest BCUT2D eigenvalue weighted by Crippen LogP contribution is 2.35. The number of aromatic nitrogens is 3. The lowest BCUT2D eigenvalue weighted by molar-refractivity contribution is -0.0692. The zero-order chi connectivity index (χ0) is 29.8. The van der Waals surface area contributed by atoms with E-state index in [4.69, 9.17) is 18.9 Å². The minimum absolute atomic E-state index is 0.107. The quantitative estimate of drug-likeness (QED) is 0.200. The Hall–Kier alpha value is -5.55. The molecule has 0 amide bonds. The Morgan fingerprint density at radius 3 is 1.81 bits per heavy atom. The fourth-order valence-electron chi connectivity index (χ4n) is 4.83. The molecule has 4 atom stereocenters. The summed E-state index contributed by atoms with van der Waals surface area (Å²) in [6.07, 6.45) is -0.167. The normalized spacial score (nSPS) is 19.5. The summed E-state index contributed by atoms with van der Waals surface area (Å²) in [7, 11) is 0. The van der Waals surface area contributed by atoms with Crippen molar-refractivity contribution in [1.29, 1.82) is 0 Å². The van der Waals surface area contributed by atoms with Gasteiger partial charge in [0, 0.05) is 24.7 Å². The van der Waals surface area contributed by atoms with Gasteiger partial charge in [0.2, 0.25) is 5.43 Å². The van der Waals surface area contributed by atoms with E-state index < -0.39 is 42.4 Å². The first-order valence-electron chi connectivity index (χ1n) is 13.4. The summed E-state index contributed by atoms with van der Waals surface area (Å²) >= 11 is 0. The molecule has 11 heteroatoms. The summed E-state index contributed by atoms with van der Waals surface area (Å²) in [6, 6.07) is 26.3. The van der Waals surface area contributed by atoms with Crippen molar-refractivity contribution in [2.24, 2.45) is 0 Å². The Morgan fingerprint density at radius 1 is 0.698 bits per heavy atom. The van der Waals surface area contributed by atoms with Crippen molar-refractivity contribution in [3.63, 3.8) is 0 Å². The maximum Gasteiger partial charge on any atom is 0.338 e. The highest BCUT2D eigenvalue weighted by Gasteiger charge is 2.51. The molecule has 0 N–H and O–H groups in total. The second-order valence-corrected chi connectivity index (χ2v) is 9.66. The molecular weight excluding hydrogens is 554 g/mol. The van der Waals surface area contributed by atoms with Gasteiger partial charge >= 0.3 is 17.9 Å². The summed E-state index contributed by atoms with van der Waals surface area (Å²) < 4.78 is 26.8. The van der Waals surface area contributed by atoms with Crippen LogP contribution in [-0.4, -0.2) is 57.0 Å². The number of carbonyl (C=O) groups is 3. The van der Waals surface area contributed by atoms with Gasteiger partial charge in [0.25, 0.3) is 0 Å². The van der Waals surface area contributed by atoms with Crippen molar-refractivity contribution in [1.82, 2.24) is 14.2 Å². The van der Waals surface area contributed by atoms with Gasteiger partial charge in [-0.05, 0) is 36.4 Å². The van der Waals surface area contributed by atoms with Crippen molar-refractivity contribution >= 4 is 23.6 Å². The topological polar surface area (TPSA) is 127 Å². The molecule has 1 aliphatic heterocycles. The minimum Gasteiger partial charge on any atom is -0.459 e. The Morgan fingerprint density at radius 2 is 1.23 bits per heavy atom. The Labute approximate surface area is 244 Å². The van der Waals surface area contributed by atoms with Gasteiger partial charge in [0.05, 0.1) is 16.7 Å². The third kappa shape index (κ3) is 5.79. The van der Waals surface area contributed by atoms with Crippen LogP contribution in [0.2, 0.25) is 0 Å². The summed E-state index contributed by atoms with van der Waals surface area (Å²) in [5.74, 6) is -1.99. The van der Waals surface area contributed by atoms with Crippen LogP contribution in [0.15, 0.2) is 120 Å². The number of ether oxygens (including phenoxy) is 4. The highest BCUT2D eigenvalue weighted by molar-refractivity contribution is 5.91. The van der Waals surface area contributed by atoms with E-state index in [1.165, 1.54) is 27.7 Å². The second-order valence-electron chi connectivity index (χ2n) is 9.66. The predicted octanol–water partition coefficient (Wildman–Crippen LogP) is 3.70. The van der Waals surface area contributed by atoms with Gasteiger partial charge in [0.1, 0.15) is 12.7 Å². The molecular formula is C32H25N3O8. The molecule has 5 aromatic rings. The number of fused-ring (bicyclic) bond motifs is 1. The highest BCUT2D eigenvalue weighted by atomic mass is 16.7. The zero-order valence-corrected chi connectivity index (χ0v) is 22.6. The Kier molecular flexibility index (Phi) is 7.79. The first-order chi connectivity index (χ1) is 21.0. The van der Waals surface area contributed by atoms with Crippen LogP contribution < -0.4 is 5.43 Å². The van der Waals surface area contributed by atoms with E-state index >= 15 is 0 Å². The molecule has 1 fully saturated rings. The molecule has 11 nitrogen and oxygen atoms in total. The monoisotopic (exact) mass is 579 g/mol. The number of imidazole rings is 1. The molecule has 1 aliphatic rings. The number of rotatable bonds is 8. The standard InChI is InChI=1S/C32H25N3O8/c36-24-16-18-35(34-19-17-33-28(24)34)29-27(43-32(39)23-14-8-3-9-15-23)26(42-31(38)22-12-6-2-7-13-22)25(41-29)20-40-30(37)21-10-4-1-5-11-21/h1-19,25-27,29H,20H2/t25-,26-,27-,29-/m1/s1. The van der Waals surface area contributed by atoms with E-state index in [0.717, 1.165) is 0 Å². The van der Waals surface area contributed by atoms with Crippen molar-refractivity contribution in [2.45, 2.75) is 24.5 Å². The number of hydrogen-bond donors (Lipinski definition) is 0. The van der Waals surface area contributed by atoms with Crippen LogP contribution in [0.25, 0.3) is 5.65 Å². The summed E-state index contributed by atoms with van der Waals surface area (Å²) in [4.78, 5) is 56.0. The van der Waals surface area contributed by atoms with Gasteiger partial charge in [0.15, 0.2) is 24.1 Å². The van der Waals surface area contributed by atoms with Crippen LogP contribution in [0.1, 0.15) is 37.3 Å². The van der Waals surface area contributed by atoms with Gasteiger partial charge < -0.3 is 18.9 Å². The predicted molar refractivity (Wildman–Crippen MR) is 151 cm³/mol. The largest absolute Gasteiger partial charge is 0.459 e. The van der Waals surface area contributed by atoms with Crippen molar-refractivity contribution < 1.29 is 33.3 Å². The average Bonchev–Trinajstić information content (AvgIpc) is 3.68. The van der Waals surface area contributed by atoms with Crippen LogP contribution in [-0.2, 0) is 18.9 Å². The average molecular weight is 580 g/mol. The molecule has 0 aliphatic carbocycles. The molecule has 0 unspecified atom stereocenters. The lowest BCUT2D eigenvalue weighted by Gasteiger charge is -2.25. The molecule has 0 saturated carbocycles. The van der Waals surface area contributed by atoms with Crippen LogP contribution in [0, 0.1) is 0 Å². The molecule has 3 heterocycles. The molecule has 216 valence electrons. The lowest BCUT2D eigenvalue weighted by Crippen LogP contribution is -2.41. The molecule has 6 rings (SSSR count). The van der Waals surface area contributed by atoms with E-state index in [9.17, 15) is 19.2 Å². The third-order valence-corrected chi connectivity index (χ3v) is 6.91. The maximum absolute atomic E-state index is 13.3. The van der Waals surface area contributed by atoms with Crippen LogP contribution >= 0.6 is 0 Å². The molecule has 43 heavy (non-hydrogen) atoms. The fraction of sp³-hybridized carbons (Fsp3) is 0.156.